The molecule has 3 aliphatic rings. The molecule has 15 heteroatoms. The maximum atomic E-state index is 13.7. The molecule has 0 saturated carbocycles. The van der Waals surface area contributed by atoms with E-state index >= 15 is 0 Å². The zero-order chi connectivity index (χ0) is 33.0. The summed E-state index contributed by atoms with van der Waals surface area (Å²) in [6.45, 7) is 5.41. The monoisotopic (exact) mass is 625 g/mol. The molecule has 0 radical (unpaired) electrons. The van der Waals surface area contributed by atoms with Crippen molar-refractivity contribution in [1.29, 1.82) is 0 Å². The lowest BCUT2D eigenvalue weighted by Gasteiger charge is -2.46. The van der Waals surface area contributed by atoms with Crippen molar-refractivity contribution in [1.82, 2.24) is 0 Å². The first-order valence-electron chi connectivity index (χ1n) is 14.2. The number of ketones is 2. The number of phenolic OH excluding ortho intramolecular Hbond substituents is 3. The van der Waals surface area contributed by atoms with Crippen molar-refractivity contribution in [3.05, 3.63) is 62.0 Å². The van der Waals surface area contributed by atoms with Gasteiger partial charge in [0.25, 0.3) is 0 Å². The summed E-state index contributed by atoms with van der Waals surface area (Å²) in [5.41, 5.74) is 4.81. The van der Waals surface area contributed by atoms with Gasteiger partial charge in [-0.05, 0) is 24.9 Å². The molecule has 238 valence electrons. The predicted octanol–water partition coefficient (Wildman–Crippen LogP) is 3.53. The number of carbonyl (C=O) groups is 4. The Hall–Kier alpha value is -4.69. The first-order valence-corrected chi connectivity index (χ1v) is 14.2. The van der Waals surface area contributed by atoms with E-state index in [-0.39, 0.29) is 41.5 Å². The van der Waals surface area contributed by atoms with Gasteiger partial charge in [-0.25, -0.2) is 0 Å². The number of benzene rings is 2. The summed E-state index contributed by atoms with van der Waals surface area (Å²) in [5, 5.41) is 49.3. The van der Waals surface area contributed by atoms with Crippen molar-refractivity contribution >= 4 is 23.5 Å². The molecule has 0 amide bonds. The van der Waals surface area contributed by atoms with Gasteiger partial charge in [-0.15, -0.1) is 0 Å². The van der Waals surface area contributed by atoms with Gasteiger partial charge in [0.1, 0.15) is 29.0 Å². The standard InChI is InChI=1S/C30H31N3O12/c1-5-30(41)10-17(45-18-9-15(32-33-31)28(11(2)42-18)43-12(3)34)20-23(29(30)44-13(4)35)27(40)21-22(26(20)39)25(38)19-14(24(21)37)7-6-8-16(19)36/h6-8,11,15,17-18,28-29,36,39-41H,5,9-10H2,1-4H3/t11-,15-,17-,18-,28+,29+,30+/m0/s1. The molecule has 15 nitrogen and oxygen atoms in total. The second kappa shape index (κ2) is 11.7. The number of esters is 2. The molecular formula is C30H31N3O12. The van der Waals surface area contributed by atoms with Crippen molar-refractivity contribution < 1.29 is 58.6 Å². The van der Waals surface area contributed by atoms with Gasteiger partial charge < -0.3 is 39.4 Å². The minimum Gasteiger partial charge on any atom is -0.507 e. The van der Waals surface area contributed by atoms with E-state index in [1.807, 2.05) is 0 Å². The number of aliphatic hydroxyl groups is 1. The number of phenols is 3. The Kier molecular flexibility index (Phi) is 8.23. The minimum absolute atomic E-state index is 0.0527. The number of azide groups is 1. The average molecular weight is 626 g/mol. The summed E-state index contributed by atoms with van der Waals surface area (Å²) in [6, 6.07) is 2.87. The number of fused-ring (bicyclic) bond motifs is 3. The van der Waals surface area contributed by atoms with Gasteiger partial charge in [-0.3, -0.25) is 19.2 Å². The van der Waals surface area contributed by atoms with E-state index in [1.165, 1.54) is 25.1 Å². The summed E-state index contributed by atoms with van der Waals surface area (Å²) in [7, 11) is 0. The number of ether oxygens (including phenoxy) is 4. The Morgan fingerprint density at radius 2 is 1.69 bits per heavy atom. The Balaban J connectivity index is 1.68. The Morgan fingerprint density at radius 3 is 2.31 bits per heavy atom. The fraction of sp³-hybridized carbons (Fsp3) is 0.467. The number of rotatable bonds is 6. The molecule has 2 aromatic carbocycles. The highest BCUT2D eigenvalue weighted by molar-refractivity contribution is 6.31. The van der Waals surface area contributed by atoms with Gasteiger partial charge in [-0.2, -0.15) is 0 Å². The van der Waals surface area contributed by atoms with Gasteiger partial charge in [0.2, 0.25) is 5.78 Å². The topological polar surface area (TPSA) is 235 Å². The molecule has 1 aliphatic heterocycles. The van der Waals surface area contributed by atoms with Crippen LogP contribution in [0, 0.1) is 0 Å². The molecule has 0 bridgehead atoms. The van der Waals surface area contributed by atoms with Crippen molar-refractivity contribution in [2.45, 2.75) is 89.3 Å². The van der Waals surface area contributed by atoms with Crippen LogP contribution in [0.2, 0.25) is 0 Å². The summed E-state index contributed by atoms with van der Waals surface area (Å²) in [6.07, 6.45) is -6.46. The summed E-state index contributed by atoms with van der Waals surface area (Å²) in [5.74, 6) is -5.46. The number of hydrogen-bond acceptors (Lipinski definition) is 13. The second-order valence-electron chi connectivity index (χ2n) is 11.3. The summed E-state index contributed by atoms with van der Waals surface area (Å²) >= 11 is 0. The van der Waals surface area contributed by atoms with Crippen LogP contribution in [-0.2, 0) is 28.5 Å². The fourth-order valence-electron chi connectivity index (χ4n) is 6.43. The molecule has 0 spiro atoms. The van der Waals surface area contributed by atoms with Crippen LogP contribution in [0.4, 0.5) is 0 Å². The first kappa shape index (κ1) is 31.7. The maximum absolute atomic E-state index is 13.7. The van der Waals surface area contributed by atoms with Crippen LogP contribution in [0.3, 0.4) is 0 Å². The normalized spacial score (nSPS) is 28.6. The van der Waals surface area contributed by atoms with E-state index in [4.69, 9.17) is 24.5 Å². The first-order chi connectivity index (χ1) is 21.2. The second-order valence-corrected chi connectivity index (χ2v) is 11.3. The molecule has 1 saturated heterocycles. The molecule has 0 aromatic heterocycles. The number of carbonyl (C=O) groups excluding carboxylic acids is 4. The quantitative estimate of drug-likeness (QED) is 0.101. The third-order valence-corrected chi connectivity index (χ3v) is 8.46. The highest BCUT2D eigenvalue weighted by Gasteiger charge is 2.53. The number of aromatic hydroxyl groups is 3. The SMILES string of the molecule is CC[C@@]1(O)C[C@H](O[C@H]2C[C@H](N=[N+]=[N-])[C@H](OC(C)=O)[C@H](C)O2)c2c(O)c3c(c(O)c2[C@H]1OC(C)=O)C(=O)c1cccc(O)c1C3=O. The van der Waals surface area contributed by atoms with Crippen LogP contribution >= 0.6 is 0 Å². The van der Waals surface area contributed by atoms with E-state index in [0.717, 1.165) is 6.92 Å². The van der Waals surface area contributed by atoms with E-state index in [9.17, 15) is 39.6 Å². The van der Waals surface area contributed by atoms with Gasteiger partial charge in [0.15, 0.2) is 18.2 Å². The maximum Gasteiger partial charge on any atom is 0.303 e. The third-order valence-electron chi connectivity index (χ3n) is 8.46. The van der Waals surface area contributed by atoms with E-state index in [1.54, 1.807) is 13.8 Å². The van der Waals surface area contributed by atoms with Crippen molar-refractivity contribution in [3.8, 4) is 17.2 Å². The molecule has 7 atom stereocenters. The Morgan fingerprint density at radius 1 is 1.04 bits per heavy atom. The van der Waals surface area contributed by atoms with Crippen LogP contribution in [0.5, 0.6) is 17.2 Å². The highest BCUT2D eigenvalue weighted by atomic mass is 16.7. The van der Waals surface area contributed by atoms with Gasteiger partial charge >= 0.3 is 11.9 Å². The lowest BCUT2D eigenvalue weighted by molar-refractivity contribution is -0.256. The van der Waals surface area contributed by atoms with Crippen molar-refractivity contribution in [2.24, 2.45) is 5.11 Å². The molecule has 4 N–H and O–H groups in total. The van der Waals surface area contributed by atoms with Crippen LogP contribution < -0.4 is 0 Å². The van der Waals surface area contributed by atoms with E-state index < -0.39 is 94.2 Å². The summed E-state index contributed by atoms with van der Waals surface area (Å²) < 4.78 is 22.9. The smallest absolute Gasteiger partial charge is 0.303 e. The van der Waals surface area contributed by atoms with Crippen molar-refractivity contribution in [2.75, 3.05) is 0 Å². The predicted molar refractivity (Wildman–Crippen MR) is 150 cm³/mol. The lowest BCUT2D eigenvalue weighted by atomic mass is 9.70. The molecule has 5 rings (SSSR count). The van der Waals surface area contributed by atoms with E-state index in [2.05, 4.69) is 10.0 Å². The molecule has 1 heterocycles. The largest absolute Gasteiger partial charge is 0.507 e. The highest BCUT2D eigenvalue weighted by Crippen LogP contribution is 2.57. The van der Waals surface area contributed by atoms with Crippen LogP contribution in [-0.4, -0.2) is 74.1 Å². The number of hydrogen-bond donors (Lipinski definition) is 4. The zero-order valence-corrected chi connectivity index (χ0v) is 24.7. The lowest BCUT2D eigenvalue weighted by Crippen LogP contribution is -2.50. The zero-order valence-electron chi connectivity index (χ0n) is 24.7. The molecule has 0 unspecified atom stereocenters. The number of nitrogens with zero attached hydrogens (tertiary/aromatic N) is 3. The van der Waals surface area contributed by atoms with Crippen LogP contribution in [0.15, 0.2) is 23.3 Å². The van der Waals surface area contributed by atoms with Gasteiger partial charge in [0.05, 0.1) is 34.9 Å². The van der Waals surface area contributed by atoms with E-state index in [0.29, 0.717) is 0 Å². The molecule has 2 aromatic rings. The molecule has 45 heavy (non-hydrogen) atoms. The Bertz CT molecular complexity index is 1670. The van der Waals surface area contributed by atoms with Gasteiger partial charge in [0, 0.05) is 48.3 Å². The fourth-order valence-corrected chi connectivity index (χ4v) is 6.43. The van der Waals surface area contributed by atoms with Gasteiger partial charge in [-0.1, -0.05) is 24.2 Å². The van der Waals surface area contributed by atoms with Crippen molar-refractivity contribution in [3.63, 3.8) is 0 Å². The molecular weight excluding hydrogens is 594 g/mol. The van der Waals surface area contributed by atoms with Crippen LogP contribution in [0.1, 0.15) is 102 Å². The molecule has 1 fully saturated rings. The Labute approximate surface area is 255 Å². The van der Waals surface area contributed by atoms with Crippen LogP contribution in [0.25, 0.3) is 10.4 Å². The average Bonchev–Trinajstić information content (AvgIpc) is 2.96. The molecule has 2 aliphatic carbocycles. The minimum atomic E-state index is -1.91. The summed E-state index contributed by atoms with van der Waals surface area (Å²) in [4.78, 5) is 54.0. The third kappa shape index (κ3) is 5.23.